The largest absolute Gasteiger partial charge is 0.486 e. The van der Waals surface area contributed by atoms with Crippen molar-refractivity contribution in [3.05, 3.63) is 53.6 Å². The van der Waals surface area contributed by atoms with Crippen molar-refractivity contribution >= 4 is 27.5 Å². The number of ether oxygens (including phenoxy) is 2. The summed E-state index contributed by atoms with van der Waals surface area (Å²) in [7, 11) is -2.30. The van der Waals surface area contributed by atoms with E-state index >= 15 is 0 Å². The number of nitrogens with zero attached hydrogens (tertiary/aromatic N) is 2. The molecule has 1 unspecified atom stereocenters. The number of hydrogen-bond acceptors (Lipinski definition) is 6. The topological polar surface area (TPSA) is 105 Å². The summed E-state index contributed by atoms with van der Waals surface area (Å²) < 4.78 is 38.3. The van der Waals surface area contributed by atoms with Gasteiger partial charge in [-0.05, 0) is 38.0 Å². The van der Waals surface area contributed by atoms with Crippen LogP contribution in [0.5, 0.6) is 11.5 Å². The normalized spacial score (nSPS) is 13.6. The van der Waals surface area contributed by atoms with Crippen LogP contribution in [0.15, 0.2) is 42.5 Å². The molecular weight excluding hydrogens is 470 g/mol. The lowest BCUT2D eigenvalue weighted by atomic mass is 10.1. The highest BCUT2D eigenvalue weighted by molar-refractivity contribution is 7.92. The molecule has 190 valence electrons. The number of hydrogen-bond donors (Lipinski definition) is 1. The Morgan fingerprint density at radius 2 is 1.69 bits per heavy atom. The quantitative estimate of drug-likeness (QED) is 0.534. The monoisotopic (exact) mass is 503 g/mol. The average molecular weight is 504 g/mol. The lowest BCUT2D eigenvalue weighted by Gasteiger charge is -2.33. The van der Waals surface area contributed by atoms with Crippen molar-refractivity contribution in [2.24, 2.45) is 0 Å². The molecule has 0 fully saturated rings. The molecular formula is C25H33N3O6S. The van der Waals surface area contributed by atoms with Crippen molar-refractivity contribution < 1.29 is 27.5 Å². The summed E-state index contributed by atoms with van der Waals surface area (Å²) in [6.07, 6.45) is 0.377. The molecule has 0 radical (unpaired) electrons. The van der Waals surface area contributed by atoms with Crippen LogP contribution in [0.25, 0.3) is 0 Å². The van der Waals surface area contributed by atoms with Gasteiger partial charge in [-0.3, -0.25) is 13.9 Å². The highest BCUT2D eigenvalue weighted by Gasteiger charge is 2.32. The smallest absolute Gasteiger partial charge is 0.244 e. The fourth-order valence-electron chi connectivity index (χ4n) is 3.88. The molecule has 10 heteroatoms. The van der Waals surface area contributed by atoms with E-state index < -0.39 is 28.5 Å². The summed E-state index contributed by atoms with van der Waals surface area (Å²) in [5.74, 6) is -0.0398. The third-order valence-corrected chi connectivity index (χ3v) is 7.64. The molecule has 0 bridgehead atoms. The minimum absolute atomic E-state index is 0.173. The van der Waals surface area contributed by atoms with Gasteiger partial charge in [0, 0.05) is 19.7 Å². The molecule has 9 nitrogen and oxygen atoms in total. The lowest BCUT2D eigenvalue weighted by molar-refractivity contribution is -0.140. The van der Waals surface area contributed by atoms with Gasteiger partial charge < -0.3 is 19.7 Å². The average Bonchev–Trinajstić information content (AvgIpc) is 2.87. The number of carbonyl (C=O) groups excluding carboxylic acids is 2. The van der Waals surface area contributed by atoms with Crippen molar-refractivity contribution in [2.75, 3.05) is 36.9 Å². The molecule has 0 saturated carbocycles. The number of fused-ring (bicyclic) bond motifs is 1. The van der Waals surface area contributed by atoms with E-state index in [-0.39, 0.29) is 18.2 Å². The van der Waals surface area contributed by atoms with Crippen LogP contribution >= 0.6 is 0 Å². The van der Waals surface area contributed by atoms with E-state index in [1.165, 1.54) is 18.9 Å². The van der Waals surface area contributed by atoms with Gasteiger partial charge in [-0.25, -0.2) is 8.42 Å². The molecule has 0 spiro atoms. The Kier molecular flexibility index (Phi) is 8.61. The van der Waals surface area contributed by atoms with Crippen LogP contribution in [-0.4, -0.2) is 63.7 Å². The van der Waals surface area contributed by atoms with Gasteiger partial charge >= 0.3 is 0 Å². The van der Waals surface area contributed by atoms with E-state index in [0.717, 1.165) is 15.4 Å². The maximum atomic E-state index is 13.7. The van der Waals surface area contributed by atoms with E-state index in [9.17, 15) is 18.0 Å². The fraction of sp³-hybridized carbons (Fsp3) is 0.440. The first-order valence-corrected chi connectivity index (χ1v) is 13.3. The number of carbonyl (C=O) groups is 2. The minimum atomic E-state index is -3.82. The van der Waals surface area contributed by atoms with Gasteiger partial charge in [-0.2, -0.15) is 0 Å². The highest BCUT2D eigenvalue weighted by atomic mass is 32.2. The Bertz CT molecular complexity index is 1150. The third-order valence-electron chi connectivity index (χ3n) is 5.90. The van der Waals surface area contributed by atoms with Crippen LogP contribution in [0.1, 0.15) is 31.4 Å². The summed E-state index contributed by atoms with van der Waals surface area (Å²) in [6.45, 7) is 5.79. The molecule has 1 atom stereocenters. The Morgan fingerprint density at radius 3 is 2.29 bits per heavy atom. The number of nitrogens with one attached hydrogen (secondary N) is 1. The maximum Gasteiger partial charge on any atom is 0.244 e. The van der Waals surface area contributed by atoms with Gasteiger partial charge in [0.2, 0.25) is 21.8 Å². The first-order valence-electron chi connectivity index (χ1n) is 11.7. The summed E-state index contributed by atoms with van der Waals surface area (Å²) in [5, 5.41) is 2.61. The van der Waals surface area contributed by atoms with Gasteiger partial charge in [0.15, 0.2) is 11.5 Å². The van der Waals surface area contributed by atoms with E-state index in [4.69, 9.17) is 9.47 Å². The van der Waals surface area contributed by atoms with E-state index in [0.29, 0.717) is 36.8 Å². The number of likely N-dealkylation sites (N-methyl/N-ethyl adjacent to an activating group) is 1. The van der Waals surface area contributed by atoms with Crippen LogP contribution in [0.2, 0.25) is 0 Å². The van der Waals surface area contributed by atoms with Gasteiger partial charge in [-0.1, -0.05) is 36.8 Å². The van der Waals surface area contributed by atoms with Crippen molar-refractivity contribution in [3.63, 3.8) is 0 Å². The van der Waals surface area contributed by atoms with Gasteiger partial charge in [0.1, 0.15) is 25.8 Å². The molecule has 3 rings (SSSR count). The first-order chi connectivity index (χ1) is 16.7. The van der Waals surface area contributed by atoms with E-state index in [1.54, 1.807) is 18.2 Å². The van der Waals surface area contributed by atoms with Crippen molar-refractivity contribution in [1.82, 2.24) is 10.2 Å². The predicted octanol–water partition coefficient (Wildman–Crippen LogP) is 2.48. The Labute approximate surface area is 207 Å². The number of benzene rings is 2. The third kappa shape index (κ3) is 6.25. The second kappa shape index (κ2) is 11.4. The molecule has 35 heavy (non-hydrogen) atoms. The van der Waals surface area contributed by atoms with Crippen LogP contribution in [0.4, 0.5) is 5.69 Å². The van der Waals surface area contributed by atoms with Crippen LogP contribution in [0.3, 0.4) is 0 Å². The van der Waals surface area contributed by atoms with Crippen LogP contribution < -0.4 is 19.1 Å². The van der Waals surface area contributed by atoms with Crippen molar-refractivity contribution in [2.45, 2.75) is 39.8 Å². The highest BCUT2D eigenvalue weighted by Crippen LogP contribution is 2.35. The van der Waals surface area contributed by atoms with Crippen LogP contribution in [0, 0.1) is 6.92 Å². The van der Waals surface area contributed by atoms with Crippen molar-refractivity contribution in [3.8, 4) is 11.5 Å². The first kappa shape index (κ1) is 26.3. The molecule has 0 saturated heterocycles. The summed E-state index contributed by atoms with van der Waals surface area (Å²) >= 11 is 0. The number of anilines is 1. The van der Waals surface area contributed by atoms with Gasteiger partial charge in [0.25, 0.3) is 0 Å². The lowest BCUT2D eigenvalue weighted by Crippen LogP contribution is -2.52. The number of aryl methyl sites for hydroxylation is 1. The number of rotatable bonds is 10. The molecule has 2 aromatic carbocycles. The van der Waals surface area contributed by atoms with Gasteiger partial charge in [0.05, 0.1) is 11.4 Å². The predicted molar refractivity (Wildman–Crippen MR) is 134 cm³/mol. The zero-order valence-corrected chi connectivity index (χ0v) is 21.4. The molecule has 1 N–H and O–H groups in total. The maximum absolute atomic E-state index is 13.7. The standard InChI is InChI=1S/C25H33N3O6S/c1-5-21(25(30)26-4)27(16-19-9-7-18(3)8-10-19)24(29)17-28(35(31,32)6-2)20-11-12-22-23(15-20)34-14-13-33-22/h7-12,15,21H,5-6,13-14,16-17H2,1-4H3,(H,26,30). The van der Waals surface area contributed by atoms with E-state index in [1.807, 2.05) is 38.1 Å². The second-order valence-corrected chi connectivity index (χ2v) is 10.5. The number of sulfonamides is 1. The molecule has 0 aliphatic carbocycles. The van der Waals surface area contributed by atoms with E-state index in [2.05, 4.69) is 5.32 Å². The molecule has 1 heterocycles. The zero-order chi connectivity index (χ0) is 25.6. The van der Waals surface area contributed by atoms with Gasteiger partial charge in [-0.15, -0.1) is 0 Å². The molecule has 1 aliphatic rings. The summed E-state index contributed by atoms with van der Waals surface area (Å²) in [6, 6.07) is 11.7. The number of amides is 2. The Hall–Kier alpha value is -3.27. The summed E-state index contributed by atoms with van der Waals surface area (Å²) in [4.78, 5) is 27.7. The summed E-state index contributed by atoms with van der Waals surface area (Å²) in [5.41, 5.74) is 2.21. The molecule has 2 aromatic rings. The minimum Gasteiger partial charge on any atom is -0.486 e. The fourth-order valence-corrected chi connectivity index (χ4v) is 4.94. The second-order valence-electron chi connectivity index (χ2n) is 8.28. The molecule has 0 aromatic heterocycles. The Morgan fingerprint density at radius 1 is 1.03 bits per heavy atom. The SMILES string of the molecule is CCC(C(=O)NC)N(Cc1ccc(C)cc1)C(=O)CN(c1ccc2c(c1)OCCO2)S(=O)(=O)CC. The zero-order valence-electron chi connectivity index (χ0n) is 20.6. The molecule has 2 amide bonds. The Balaban J connectivity index is 1.97. The van der Waals surface area contributed by atoms with Crippen LogP contribution in [-0.2, 0) is 26.2 Å². The van der Waals surface area contributed by atoms with Crippen molar-refractivity contribution in [1.29, 1.82) is 0 Å². The molecule has 1 aliphatic heterocycles.